The second-order valence-electron chi connectivity index (χ2n) is 6.63. The van der Waals surface area contributed by atoms with E-state index in [1.807, 2.05) is 66.0 Å². The number of aromatic nitrogens is 3. The average molecular weight is 404 g/mol. The van der Waals surface area contributed by atoms with Gasteiger partial charge in [-0.1, -0.05) is 42.5 Å². The lowest BCUT2D eigenvalue weighted by molar-refractivity contribution is -0.118. The van der Waals surface area contributed by atoms with Crippen LogP contribution in [0.15, 0.2) is 77.8 Å². The Morgan fingerprint density at radius 1 is 1.10 bits per heavy atom. The van der Waals surface area contributed by atoms with Crippen LogP contribution < -0.4 is 10.6 Å². The first kappa shape index (κ1) is 19.0. The van der Waals surface area contributed by atoms with Crippen LogP contribution in [0, 0.1) is 0 Å². The molecule has 2 aromatic heterocycles. The second kappa shape index (κ2) is 9.27. The van der Waals surface area contributed by atoms with Crippen molar-refractivity contribution in [2.24, 2.45) is 0 Å². The molecule has 0 bridgehead atoms. The fraction of sp³-hybridized carbons (Fsp3) is 0.136. The molecule has 6 nitrogen and oxygen atoms in total. The summed E-state index contributed by atoms with van der Waals surface area (Å²) in [6, 6.07) is 19.2. The maximum absolute atomic E-state index is 13.1. The number of rotatable bonds is 8. The maximum atomic E-state index is 13.1. The summed E-state index contributed by atoms with van der Waals surface area (Å²) in [5.41, 5.74) is 6.35. The number of H-pyrrole nitrogens is 1. The SMILES string of the molecule is O=C(Nc1cccc(-c2cc[nH]n2)c1)[C@H](Cc1ccccc1)NCc1cscn1. The summed E-state index contributed by atoms with van der Waals surface area (Å²) in [6.07, 6.45) is 2.37. The molecule has 0 saturated heterocycles. The Labute approximate surface area is 173 Å². The van der Waals surface area contributed by atoms with Gasteiger partial charge in [-0.15, -0.1) is 11.3 Å². The molecule has 4 rings (SSSR count). The molecule has 0 aliphatic heterocycles. The smallest absolute Gasteiger partial charge is 0.241 e. The van der Waals surface area contributed by atoms with Crippen LogP contribution in [0.25, 0.3) is 11.3 Å². The van der Waals surface area contributed by atoms with Gasteiger partial charge in [0.15, 0.2) is 0 Å². The molecule has 0 aliphatic carbocycles. The van der Waals surface area contributed by atoms with E-state index in [1.54, 1.807) is 23.0 Å². The molecule has 0 radical (unpaired) electrons. The van der Waals surface area contributed by atoms with Crippen molar-refractivity contribution in [3.8, 4) is 11.3 Å². The third-order valence-corrected chi connectivity index (χ3v) is 5.17. The lowest BCUT2D eigenvalue weighted by Gasteiger charge is -2.18. The highest BCUT2D eigenvalue weighted by molar-refractivity contribution is 7.07. The van der Waals surface area contributed by atoms with Crippen molar-refractivity contribution in [3.63, 3.8) is 0 Å². The van der Waals surface area contributed by atoms with Crippen molar-refractivity contribution in [2.75, 3.05) is 5.32 Å². The van der Waals surface area contributed by atoms with Crippen molar-refractivity contribution in [1.82, 2.24) is 20.5 Å². The highest BCUT2D eigenvalue weighted by atomic mass is 32.1. The van der Waals surface area contributed by atoms with Gasteiger partial charge in [-0.2, -0.15) is 5.10 Å². The summed E-state index contributed by atoms with van der Waals surface area (Å²) in [6.45, 7) is 0.543. The first-order chi connectivity index (χ1) is 14.3. The van der Waals surface area contributed by atoms with Crippen LogP contribution in [0.4, 0.5) is 5.69 Å². The minimum absolute atomic E-state index is 0.0803. The van der Waals surface area contributed by atoms with Crippen LogP contribution in [0.2, 0.25) is 0 Å². The molecule has 0 saturated carbocycles. The lowest BCUT2D eigenvalue weighted by atomic mass is 10.0. The van der Waals surface area contributed by atoms with Gasteiger partial charge in [-0.25, -0.2) is 4.98 Å². The topological polar surface area (TPSA) is 82.7 Å². The Balaban J connectivity index is 1.48. The molecule has 2 aromatic carbocycles. The zero-order chi connectivity index (χ0) is 19.9. The summed E-state index contributed by atoms with van der Waals surface area (Å²) in [5.74, 6) is -0.0803. The predicted octanol–water partition coefficient (Wildman–Crippen LogP) is 3.87. The van der Waals surface area contributed by atoms with Gasteiger partial charge >= 0.3 is 0 Å². The number of carbonyl (C=O) groups excluding carboxylic acids is 1. The van der Waals surface area contributed by atoms with Crippen LogP contribution in [0.3, 0.4) is 0 Å². The van der Waals surface area contributed by atoms with Crippen LogP contribution in [0.5, 0.6) is 0 Å². The molecule has 2 heterocycles. The van der Waals surface area contributed by atoms with E-state index in [4.69, 9.17) is 0 Å². The highest BCUT2D eigenvalue weighted by Crippen LogP contribution is 2.20. The van der Waals surface area contributed by atoms with Crippen LogP contribution in [0.1, 0.15) is 11.3 Å². The van der Waals surface area contributed by atoms with Gasteiger partial charge in [-0.3, -0.25) is 15.2 Å². The van der Waals surface area contributed by atoms with E-state index in [-0.39, 0.29) is 11.9 Å². The summed E-state index contributed by atoms with van der Waals surface area (Å²) in [7, 11) is 0. The quantitative estimate of drug-likeness (QED) is 0.417. The number of thiazole rings is 1. The number of hydrogen-bond acceptors (Lipinski definition) is 5. The third-order valence-electron chi connectivity index (χ3n) is 4.54. The minimum Gasteiger partial charge on any atom is -0.325 e. The number of hydrogen-bond donors (Lipinski definition) is 3. The fourth-order valence-electron chi connectivity index (χ4n) is 3.07. The van der Waals surface area contributed by atoms with E-state index in [0.29, 0.717) is 13.0 Å². The highest BCUT2D eigenvalue weighted by Gasteiger charge is 2.19. The zero-order valence-corrected chi connectivity index (χ0v) is 16.5. The summed E-state index contributed by atoms with van der Waals surface area (Å²) >= 11 is 1.55. The van der Waals surface area contributed by atoms with Crippen LogP contribution >= 0.6 is 11.3 Å². The molecule has 4 aromatic rings. The molecule has 1 amide bonds. The molecule has 0 fully saturated rings. The Morgan fingerprint density at radius 2 is 2.00 bits per heavy atom. The Kier molecular flexibility index (Phi) is 6.09. The number of nitrogens with zero attached hydrogens (tertiary/aromatic N) is 2. The van der Waals surface area contributed by atoms with Gasteiger partial charge in [0.2, 0.25) is 5.91 Å². The van der Waals surface area contributed by atoms with Crippen LogP contribution in [-0.4, -0.2) is 27.1 Å². The summed E-state index contributed by atoms with van der Waals surface area (Å²) < 4.78 is 0. The summed E-state index contributed by atoms with van der Waals surface area (Å²) in [4.78, 5) is 17.4. The van der Waals surface area contributed by atoms with Gasteiger partial charge in [0.25, 0.3) is 0 Å². The van der Waals surface area contributed by atoms with Gasteiger partial charge in [0.05, 0.1) is 22.9 Å². The summed E-state index contributed by atoms with van der Waals surface area (Å²) in [5, 5.41) is 15.4. The van der Waals surface area contributed by atoms with Crippen molar-refractivity contribution in [2.45, 2.75) is 19.0 Å². The molecule has 29 heavy (non-hydrogen) atoms. The predicted molar refractivity (Wildman–Crippen MR) is 116 cm³/mol. The number of nitrogens with one attached hydrogen (secondary N) is 3. The van der Waals surface area contributed by atoms with Crippen molar-refractivity contribution < 1.29 is 4.79 Å². The Bertz CT molecular complexity index is 1030. The number of carbonyl (C=O) groups is 1. The number of benzene rings is 2. The molecular formula is C22H21N5OS. The van der Waals surface area contributed by atoms with E-state index in [9.17, 15) is 4.79 Å². The van der Waals surface area contributed by atoms with E-state index in [0.717, 1.165) is 28.2 Å². The van der Waals surface area contributed by atoms with Crippen molar-refractivity contribution in [3.05, 3.63) is 89.0 Å². The first-order valence-electron chi connectivity index (χ1n) is 9.33. The number of aromatic amines is 1. The van der Waals surface area contributed by atoms with E-state index in [1.165, 1.54) is 0 Å². The van der Waals surface area contributed by atoms with Gasteiger partial charge < -0.3 is 5.32 Å². The van der Waals surface area contributed by atoms with Gasteiger partial charge in [0.1, 0.15) is 0 Å². The largest absolute Gasteiger partial charge is 0.325 e. The molecule has 1 atom stereocenters. The average Bonchev–Trinajstić information content (AvgIpc) is 3.46. The molecule has 0 spiro atoms. The lowest BCUT2D eigenvalue weighted by Crippen LogP contribution is -2.41. The molecule has 3 N–H and O–H groups in total. The molecule has 0 aliphatic rings. The van der Waals surface area contributed by atoms with Gasteiger partial charge in [-0.05, 0) is 30.2 Å². The van der Waals surface area contributed by atoms with E-state index < -0.39 is 0 Å². The maximum Gasteiger partial charge on any atom is 0.241 e. The van der Waals surface area contributed by atoms with Crippen molar-refractivity contribution in [1.29, 1.82) is 0 Å². The molecule has 146 valence electrons. The normalized spacial score (nSPS) is 11.9. The van der Waals surface area contributed by atoms with E-state index >= 15 is 0 Å². The first-order valence-corrected chi connectivity index (χ1v) is 10.3. The Morgan fingerprint density at radius 3 is 2.76 bits per heavy atom. The number of anilines is 1. The zero-order valence-electron chi connectivity index (χ0n) is 15.7. The monoisotopic (exact) mass is 403 g/mol. The third kappa shape index (κ3) is 5.16. The van der Waals surface area contributed by atoms with E-state index in [2.05, 4.69) is 25.8 Å². The van der Waals surface area contributed by atoms with Crippen molar-refractivity contribution >= 4 is 22.9 Å². The minimum atomic E-state index is -0.381. The fourth-order valence-corrected chi connectivity index (χ4v) is 3.63. The van der Waals surface area contributed by atoms with Crippen LogP contribution in [-0.2, 0) is 17.8 Å². The molecular weight excluding hydrogens is 382 g/mol. The Hall–Kier alpha value is -3.29. The standard InChI is InChI=1S/C22H21N5OS/c28-22(26-18-8-4-7-17(12-18)20-9-10-25-27-20)21(11-16-5-2-1-3-6-16)23-13-19-14-29-15-24-19/h1-10,12,14-15,21,23H,11,13H2,(H,25,27)(H,26,28)/t21-/m0/s1. The second-order valence-corrected chi connectivity index (χ2v) is 7.35. The van der Waals surface area contributed by atoms with Gasteiger partial charge in [0, 0.05) is 29.4 Å². The molecule has 7 heteroatoms. The molecule has 0 unspecified atom stereocenters. The number of amides is 1.